The second-order valence-corrected chi connectivity index (χ2v) is 6.65. The van der Waals surface area contributed by atoms with Gasteiger partial charge in [0, 0.05) is 52.2 Å². The van der Waals surface area contributed by atoms with E-state index in [1.807, 2.05) is 43.6 Å². The summed E-state index contributed by atoms with van der Waals surface area (Å²) in [5.41, 5.74) is 0.652. The molecule has 6 nitrogen and oxygen atoms in total. The average molecular weight is 353 g/mol. The Morgan fingerprint density at radius 2 is 1.73 bits per heavy atom. The van der Waals surface area contributed by atoms with Gasteiger partial charge >= 0.3 is 0 Å². The molecule has 2 aromatic heterocycles. The predicted molar refractivity (Wildman–Crippen MR) is 105 cm³/mol. The Labute approximate surface area is 155 Å². The summed E-state index contributed by atoms with van der Waals surface area (Å²) in [5, 5.41) is 0. The van der Waals surface area contributed by atoms with Gasteiger partial charge in [-0.05, 0) is 30.7 Å². The number of aromatic nitrogens is 2. The van der Waals surface area contributed by atoms with Gasteiger partial charge in [-0.2, -0.15) is 0 Å². The third-order valence-electron chi connectivity index (χ3n) is 4.77. The smallest absolute Gasteiger partial charge is 0.255 e. The monoisotopic (exact) mass is 353 g/mol. The van der Waals surface area contributed by atoms with E-state index in [0.29, 0.717) is 5.56 Å². The van der Waals surface area contributed by atoms with E-state index >= 15 is 0 Å². The maximum Gasteiger partial charge on any atom is 0.255 e. The second-order valence-electron chi connectivity index (χ2n) is 6.65. The van der Waals surface area contributed by atoms with Crippen LogP contribution in [0.15, 0.2) is 42.7 Å². The van der Waals surface area contributed by atoms with Gasteiger partial charge in [-0.15, -0.1) is 0 Å². The average Bonchev–Trinajstić information content (AvgIpc) is 2.72. The van der Waals surface area contributed by atoms with E-state index in [-0.39, 0.29) is 5.91 Å². The second kappa shape index (κ2) is 8.65. The van der Waals surface area contributed by atoms with Crippen molar-refractivity contribution < 1.29 is 4.79 Å². The van der Waals surface area contributed by atoms with Crippen LogP contribution in [0.5, 0.6) is 0 Å². The minimum absolute atomic E-state index is 0.0393. The molecule has 0 radical (unpaired) electrons. The van der Waals surface area contributed by atoms with Crippen LogP contribution in [0, 0.1) is 0 Å². The molecule has 0 aromatic carbocycles. The molecule has 1 aliphatic heterocycles. The molecular weight excluding hydrogens is 326 g/mol. The molecular formula is C20H27N5O. The molecule has 1 saturated heterocycles. The molecule has 0 bridgehead atoms. The van der Waals surface area contributed by atoms with Gasteiger partial charge in [0.25, 0.3) is 5.91 Å². The lowest BCUT2D eigenvalue weighted by Gasteiger charge is -2.36. The summed E-state index contributed by atoms with van der Waals surface area (Å²) in [6, 6.07) is 9.84. The van der Waals surface area contributed by atoms with Crippen LogP contribution in [0.3, 0.4) is 0 Å². The number of nitrogens with zero attached hydrogens (tertiary/aromatic N) is 5. The van der Waals surface area contributed by atoms with E-state index in [9.17, 15) is 4.79 Å². The van der Waals surface area contributed by atoms with Crippen molar-refractivity contribution in [1.29, 1.82) is 0 Å². The number of unbranched alkanes of at least 4 members (excludes halogenated alkanes) is 1. The molecule has 0 atom stereocenters. The SMILES string of the molecule is CCCCN(C)C(=O)c1ccc(N2CCN(c3ccccn3)CC2)nc1. The number of hydrogen-bond donors (Lipinski definition) is 0. The molecule has 0 spiro atoms. The Kier molecular flexibility index (Phi) is 6.04. The molecule has 0 saturated carbocycles. The lowest BCUT2D eigenvalue weighted by Crippen LogP contribution is -2.47. The molecule has 6 heteroatoms. The van der Waals surface area contributed by atoms with Crippen LogP contribution in [0.4, 0.5) is 11.6 Å². The summed E-state index contributed by atoms with van der Waals surface area (Å²) in [4.78, 5) is 27.7. The molecule has 26 heavy (non-hydrogen) atoms. The maximum atomic E-state index is 12.4. The van der Waals surface area contributed by atoms with Crippen LogP contribution in [-0.2, 0) is 0 Å². The number of hydrogen-bond acceptors (Lipinski definition) is 5. The Balaban J connectivity index is 1.57. The van der Waals surface area contributed by atoms with Crippen molar-refractivity contribution in [3.63, 3.8) is 0 Å². The predicted octanol–water partition coefficient (Wildman–Crippen LogP) is 2.68. The first-order valence-electron chi connectivity index (χ1n) is 9.31. The van der Waals surface area contributed by atoms with Crippen LogP contribution in [0.1, 0.15) is 30.1 Å². The van der Waals surface area contributed by atoms with Crippen LogP contribution in [0.2, 0.25) is 0 Å². The molecule has 1 aliphatic rings. The van der Waals surface area contributed by atoms with Gasteiger partial charge in [-0.3, -0.25) is 4.79 Å². The molecule has 1 fully saturated rings. The highest BCUT2D eigenvalue weighted by Crippen LogP contribution is 2.18. The van der Waals surface area contributed by atoms with E-state index in [1.165, 1.54) is 0 Å². The number of pyridine rings is 2. The Morgan fingerprint density at radius 1 is 1.04 bits per heavy atom. The molecule has 3 heterocycles. The van der Waals surface area contributed by atoms with Gasteiger partial charge in [0.2, 0.25) is 0 Å². The van der Waals surface area contributed by atoms with Gasteiger partial charge < -0.3 is 14.7 Å². The van der Waals surface area contributed by atoms with Crippen molar-refractivity contribution in [2.75, 3.05) is 49.6 Å². The van der Waals surface area contributed by atoms with Crippen LogP contribution in [0.25, 0.3) is 0 Å². The van der Waals surface area contributed by atoms with Gasteiger partial charge in [-0.25, -0.2) is 9.97 Å². The van der Waals surface area contributed by atoms with Gasteiger partial charge in [0.1, 0.15) is 11.6 Å². The molecule has 0 aliphatic carbocycles. The van der Waals surface area contributed by atoms with E-state index in [2.05, 4.69) is 26.7 Å². The summed E-state index contributed by atoms with van der Waals surface area (Å²) < 4.78 is 0. The van der Waals surface area contributed by atoms with Crippen molar-refractivity contribution in [1.82, 2.24) is 14.9 Å². The largest absolute Gasteiger partial charge is 0.353 e. The first-order valence-corrected chi connectivity index (χ1v) is 9.31. The van der Waals surface area contributed by atoms with Crippen molar-refractivity contribution in [3.8, 4) is 0 Å². The van der Waals surface area contributed by atoms with E-state index in [4.69, 9.17) is 0 Å². The maximum absolute atomic E-state index is 12.4. The number of piperazine rings is 1. The summed E-state index contributed by atoms with van der Waals surface area (Å²) in [6.07, 6.45) is 5.63. The highest BCUT2D eigenvalue weighted by molar-refractivity contribution is 5.93. The Morgan fingerprint density at radius 3 is 2.27 bits per heavy atom. The quantitative estimate of drug-likeness (QED) is 0.799. The molecule has 1 amide bonds. The van der Waals surface area contributed by atoms with Crippen molar-refractivity contribution in [3.05, 3.63) is 48.3 Å². The van der Waals surface area contributed by atoms with Crippen LogP contribution >= 0.6 is 0 Å². The first-order chi connectivity index (χ1) is 12.7. The third-order valence-corrected chi connectivity index (χ3v) is 4.77. The van der Waals surface area contributed by atoms with Crippen molar-refractivity contribution in [2.45, 2.75) is 19.8 Å². The molecule has 0 N–H and O–H groups in total. The first kappa shape index (κ1) is 18.2. The van der Waals surface area contributed by atoms with Gasteiger partial charge in [-0.1, -0.05) is 19.4 Å². The minimum atomic E-state index is 0.0393. The highest BCUT2D eigenvalue weighted by atomic mass is 16.2. The van der Waals surface area contributed by atoms with Gasteiger partial charge in [0.15, 0.2) is 0 Å². The lowest BCUT2D eigenvalue weighted by molar-refractivity contribution is 0.0793. The number of carbonyl (C=O) groups excluding carboxylic acids is 1. The van der Waals surface area contributed by atoms with E-state index < -0.39 is 0 Å². The number of rotatable bonds is 6. The molecule has 2 aromatic rings. The lowest BCUT2D eigenvalue weighted by atomic mass is 10.2. The van der Waals surface area contributed by atoms with Crippen LogP contribution < -0.4 is 9.80 Å². The fourth-order valence-corrected chi connectivity index (χ4v) is 3.12. The highest BCUT2D eigenvalue weighted by Gasteiger charge is 2.19. The van der Waals surface area contributed by atoms with E-state index in [1.54, 1.807) is 11.1 Å². The standard InChI is InChI=1S/C20H27N5O/c1-3-4-11-23(2)20(26)17-8-9-19(22-16-17)25-14-12-24(13-15-25)18-7-5-6-10-21-18/h5-10,16H,3-4,11-15H2,1-2H3. The van der Waals surface area contributed by atoms with E-state index in [0.717, 1.165) is 57.2 Å². The summed E-state index contributed by atoms with van der Waals surface area (Å²) in [7, 11) is 1.85. The summed E-state index contributed by atoms with van der Waals surface area (Å²) in [5.74, 6) is 1.99. The topological polar surface area (TPSA) is 52.6 Å². The Bertz CT molecular complexity index is 696. The Hall–Kier alpha value is -2.63. The van der Waals surface area contributed by atoms with Crippen molar-refractivity contribution in [2.24, 2.45) is 0 Å². The summed E-state index contributed by atoms with van der Waals surface area (Å²) >= 11 is 0. The van der Waals surface area contributed by atoms with Crippen molar-refractivity contribution >= 4 is 17.5 Å². The molecule has 138 valence electrons. The minimum Gasteiger partial charge on any atom is -0.353 e. The summed E-state index contributed by atoms with van der Waals surface area (Å²) in [6.45, 7) is 6.54. The van der Waals surface area contributed by atoms with Gasteiger partial charge in [0.05, 0.1) is 5.56 Å². The zero-order chi connectivity index (χ0) is 18.4. The third kappa shape index (κ3) is 4.31. The number of amides is 1. The number of carbonyl (C=O) groups is 1. The molecule has 0 unspecified atom stereocenters. The molecule has 3 rings (SSSR count). The zero-order valence-corrected chi connectivity index (χ0v) is 15.6. The fourth-order valence-electron chi connectivity index (χ4n) is 3.12. The fraction of sp³-hybridized carbons (Fsp3) is 0.450. The normalized spacial score (nSPS) is 14.4. The van der Waals surface area contributed by atoms with Crippen LogP contribution in [-0.4, -0.2) is 60.5 Å². The zero-order valence-electron chi connectivity index (χ0n) is 15.6. The number of anilines is 2.